The fourth-order valence-electron chi connectivity index (χ4n) is 2.68. The highest BCUT2D eigenvalue weighted by atomic mass is 16.4. The van der Waals surface area contributed by atoms with Gasteiger partial charge in [0.25, 0.3) is 5.91 Å². The van der Waals surface area contributed by atoms with Crippen molar-refractivity contribution in [2.24, 2.45) is 5.92 Å². The largest absolute Gasteiger partial charge is 0.466 e. The van der Waals surface area contributed by atoms with Crippen LogP contribution in [0, 0.1) is 19.8 Å². The molecule has 2 aromatic rings. The van der Waals surface area contributed by atoms with Gasteiger partial charge in [0.05, 0.1) is 18.4 Å². The Morgan fingerprint density at radius 3 is 2.76 bits per heavy atom. The van der Waals surface area contributed by atoms with E-state index in [1.54, 1.807) is 32.0 Å². The minimum absolute atomic E-state index is 0.133. The zero-order valence-corrected chi connectivity index (χ0v) is 12.2. The average molecular weight is 289 g/mol. The van der Waals surface area contributed by atoms with Crippen molar-refractivity contribution in [1.82, 2.24) is 5.32 Å². The first-order chi connectivity index (χ1) is 10.0. The van der Waals surface area contributed by atoms with Crippen LogP contribution >= 0.6 is 0 Å². The second-order valence-electron chi connectivity index (χ2n) is 5.69. The smallest absolute Gasteiger partial charge is 0.254 e. The van der Waals surface area contributed by atoms with Crippen LogP contribution in [0.1, 0.15) is 40.5 Å². The summed E-state index contributed by atoms with van der Waals surface area (Å²) in [4.78, 5) is 12.2. The summed E-state index contributed by atoms with van der Waals surface area (Å²) < 4.78 is 10.7. The normalized spacial score (nSPS) is 17.5. The summed E-state index contributed by atoms with van der Waals surface area (Å²) in [7, 11) is 0. The number of hydrogen-bond acceptors (Lipinski definition) is 4. The standard InChI is InChI=1S/C16H19NO4/c1-10-8-13(11(2)21-10)15(18)17-9-16(19,12-5-6-12)14-4-3-7-20-14/h3-4,7-8,12,19H,5-6,9H2,1-2H3,(H,17,18)/t16-/m1/s1. The zero-order chi connectivity index (χ0) is 15.0. The maximum atomic E-state index is 12.2. The summed E-state index contributed by atoms with van der Waals surface area (Å²) in [5.41, 5.74) is -0.628. The van der Waals surface area contributed by atoms with Gasteiger partial charge in [-0.15, -0.1) is 0 Å². The van der Waals surface area contributed by atoms with Crippen molar-refractivity contribution in [3.05, 3.63) is 47.3 Å². The molecule has 1 fully saturated rings. The van der Waals surface area contributed by atoms with Crippen molar-refractivity contribution >= 4 is 5.91 Å². The van der Waals surface area contributed by atoms with E-state index in [0.29, 0.717) is 22.8 Å². The number of carbonyl (C=O) groups excluding carboxylic acids is 1. The fourth-order valence-corrected chi connectivity index (χ4v) is 2.68. The second-order valence-corrected chi connectivity index (χ2v) is 5.69. The summed E-state index contributed by atoms with van der Waals surface area (Å²) >= 11 is 0. The maximum absolute atomic E-state index is 12.2. The van der Waals surface area contributed by atoms with Crippen LogP contribution in [0.5, 0.6) is 0 Å². The first-order valence-corrected chi connectivity index (χ1v) is 7.12. The van der Waals surface area contributed by atoms with Gasteiger partial charge in [-0.25, -0.2) is 0 Å². The molecule has 3 rings (SSSR count). The van der Waals surface area contributed by atoms with E-state index in [1.807, 2.05) is 0 Å². The molecule has 0 radical (unpaired) electrons. The number of nitrogens with one attached hydrogen (secondary N) is 1. The van der Waals surface area contributed by atoms with Gasteiger partial charge in [-0.3, -0.25) is 4.79 Å². The summed E-state index contributed by atoms with van der Waals surface area (Å²) in [5, 5.41) is 13.6. The van der Waals surface area contributed by atoms with E-state index in [1.165, 1.54) is 6.26 Å². The number of aryl methyl sites for hydroxylation is 2. The lowest BCUT2D eigenvalue weighted by Crippen LogP contribution is -2.42. The van der Waals surface area contributed by atoms with Gasteiger partial charge in [0.1, 0.15) is 22.9 Å². The summed E-state index contributed by atoms with van der Waals surface area (Å²) in [5.74, 6) is 1.68. The lowest BCUT2D eigenvalue weighted by atomic mass is 9.94. The molecule has 1 amide bonds. The lowest BCUT2D eigenvalue weighted by Gasteiger charge is -2.26. The highest BCUT2D eigenvalue weighted by Gasteiger charge is 2.47. The van der Waals surface area contributed by atoms with E-state index in [9.17, 15) is 9.90 Å². The van der Waals surface area contributed by atoms with Crippen molar-refractivity contribution < 1.29 is 18.7 Å². The van der Waals surface area contributed by atoms with Crippen molar-refractivity contribution in [3.8, 4) is 0 Å². The van der Waals surface area contributed by atoms with E-state index in [4.69, 9.17) is 8.83 Å². The Morgan fingerprint density at radius 1 is 1.48 bits per heavy atom. The van der Waals surface area contributed by atoms with Crippen molar-refractivity contribution in [1.29, 1.82) is 0 Å². The molecule has 1 aliphatic rings. The molecule has 2 aromatic heterocycles. The van der Waals surface area contributed by atoms with E-state index in [0.717, 1.165) is 12.8 Å². The number of rotatable bonds is 5. The van der Waals surface area contributed by atoms with Gasteiger partial charge >= 0.3 is 0 Å². The van der Waals surface area contributed by atoms with Crippen LogP contribution in [0.2, 0.25) is 0 Å². The van der Waals surface area contributed by atoms with Crippen LogP contribution in [0.25, 0.3) is 0 Å². The molecule has 0 saturated heterocycles. The minimum atomic E-state index is -1.13. The molecule has 2 heterocycles. The van der Waals surface area contributed by atoms with Gasteiger partial charge in [-0.2, -0.15) is 0 Å². The highest BCUT2D eigenvalue weighted by molar-refractivity contribution is 5.95. The lowest BCUT2D eigenvalue weighted by molar-refractivity contribution is -0.00612. The highest BCUT2D eigenvalue weighted by Crippen LogP contribution is 2.45. The van der Waals surface area contributed by atoms with Gasteiger partial charge < -0.3 is 19.3 Å². The van der Waals surface area contributed by atoms with Crippen LogP contribution in [0.3, 0.4) is 0 Å². The van der Waals surface area contributed by atoms with Crippen LogP contribution in [-0.2, 0) is 5.60 Å². The molecule has 0 unspecified atom stereocenters. The molecule has 21 heavy (non-hydrogen) atoms. The SMILES string of the molecule is Cc1cc(C(=O)NC[C@](O)(c2ccco2)C2CC2)c(C)o1. The topological polar surface area (TPSA) is 75.6 Å². The molecule has 0 aromatic carbocycles. The Morgan fingerprint density at radius 2 is 2.24 bits per heavy atom. The predicted molar refractivity (Wildman–Crippen MR) is 75.8 cm³/mol. The summed E-state index contributed by atoms with van der Waals surface area (Å²) in [6.07, 6.45) is 3.42. The van der Waals surface area contributed by atoms with E-state index < -0.39 is 5.60 Å². The monoisotopic (exact) mass is 289 g/mol. The Labute approximate surface area is 122 Å². The fraction of sp³-hybridized carbons (Fsp3) is 0.438. The molecule has 0 aliphatic heterocycles. The zero-order valence-electron chi connectivity index (χ0n) is 12.2. The average Bonchev–Trinajstić information content (AvgIpc) is 3.05. The molecule has 5 nitrogen and oxygen atoms in total. The number of aliphatic hydroxyl groups is 1. The van der Waals surface area contributed by atoms with Crippen LogP contribution in [0.4, 0.5) is 0 Å². The predicted octanol–water partition coefficient (Wildman–Crippen LogP) is 2.52. The molecule has 2 N–H and O–H groups in total. The number of carbonyl (C=O) groups is 1. The van der Waals surface area contributed by atoms with E-state index in [2.05, 4.69) is 5.32 Å². The number of hydrogen-bond donors (Lipinski definition) is 2. The maximum Gasteiger partial charge on any atom is 0.254 e. The van der Waals surface area contributed by atoms with Gasteiger partial charge in [-0.05, 0) is 50.8 Å². The number of amides is 1. The van der Waals surface area contributed by atoms with Gasteiger partial charge in [0.15, 0.2) is 0 Å². The Hall–Kier alpha value is -2.01. The molecule has 1 saturated carbocycles. The molecule has 1 atom stereocenters. The Bertz CT molecular complexity index is 639. The quantitative estimate of drug-likeness (QED) is 0.886. The summed E-state index contributed by atoms with van der Waals surface area (Å²) in [6, 6.07) is 5.19. The second kappa shape index (κ2) is 5.07. The van der Waals surface area contributed by atoms with Gasteiger partial charge in [-0.1, -0.05) is 0 Å². The third-order valence-electron chi connectivity index (χ3n) is 4.00. The third kappa shape index (κ3) is 2.61. The van der Waals surface area contributed by atoms with Crippen molar-refractivity contribution in [3.63, 3.8) is 0 Å². The molecule has 0 spiro atoms. The molecule has 1 aliphatic carbocycles. The number of furan rings is 2. The van der Waals surface area contributed by atoms with E-state index in [-0.39, 0.29) is 18.4 Å². The van der Waals surface area contributed by atoms with Gasteiger partial charge in [0, 0.05) is 0 Å². The molecule has 112 valence electrons. The third-order valence-corrected chi connectivity index (χ3v) is 4.00. The van der Waals surface area contributed by atoms with Crippen LogP contribution < -0.4 is 5.32 Å². The molecule has 5 heteroatoms. The van der Waals surface area contributed by atoms with Gasteiger partial charge in [0.2, 0.25) is 0 Å². The first-order valence-electron chi connectivity index (χ1n) is 7.12. The van der Waals surface area contributed by atoms with Crippen LogP contribution in [0.15, 0.2) is 33.3 Å². The van der Waals surface area contributed by atoms with Crippen LogP contribution in [-0.4, -0.2) is 17.6 Å². The molecular formula is C16H19NO4. The Balaban J connectivity index is 1.73. The van der Waals surface area contributed by atoms with Crippen molar-refractivity contribution in [2.75, 3.05) is 6.54 Å². The minimum Gasteiger partial charge on any atom is -0.466 e. The first kappa shape index (κ1) is 13.9. The summed E-state index contributed by atoms with van der Waals surface area (Å²) in [6.45, 7) is 3.68. The van der Waals surface area contributed by atoms with Crippen molar-refractivity contribution in [2.45, 2.75) is 32.3 Å². The van der Waals surface area contributed by atoms with E-state index >= 15 is 0 Å². The molecular weight excluding hydrogens is 270 g/mol. The molecule has 0 bridgehead atoms. The Kier molecular flexibility index (Phi) is 3.37.